The molecular formula is C14H17N7OS. The highest BCUT2D eigenvalue weighted by molar-refractivity contribution is 7.14. The number of guanidine groups is 1. The van der Waals surface area contributed by atoms with Crippen molar-refractivity contribution in [2.75, 3.05) is 17.2 Å². The molecule has 2 amide bonds. The molecule has 0 aliphatic heterocycles. The maximum Gasteiger partial charge on any atom is 0.317 e. The number of hydrogen-bond donors (Lipinski definition) is 4. The van der Waals surface area contributed by atoms with Crippen LogP contribution >= 0.6 is 11.3 Å². The van der Waals surface area contributed by atoms with Crippen molar-refractivity contribution in [2.45, 2.75) is 6.92 Å². The van der Waals surface area contributed by atoms with Crippen LogP contribution in [-0.2, 0) is 0 Å². The van der Waals surface area contributed by atoms with Crippen molar-refractivity contribution >= 4 is 34.3 Å². The molecule has 0 saturated heterocycles. The lowest BCUT2D eigenvalue weighted by molar-refractivity contribution is 0.259. The maximum atomic E-state index is 10.9. The van der Waals surface area contributed by atoms with Crippen LogP contribution in [0.25, 0.3) is 11.4 Å². The molecule has 0 saturated carbocycles. The molecule has 23 heavy (non-hydrogen) atoms. The van der Waals surface area contributed by atoms with E-state index in [9.17, 15) is 4.79 Å². The molecule has 2 aromatic heterocycles. The number of aromatic nitrogens is 2. The van der Waals surface area contributed by atoms with Gasteiger partial charge in [0.05, 0.1) is 12.2 Å². The van der Waals surface area contributed by atoms with E-state index >= 15 is 0 Å². The highest BCUT2D eigenvalue weighted by atomic mass is 32.1. The van der Waals surface area contributed by atoms with Crippen molar-refractivity contribution in [1.29, 1.82) is 0 Å². The van der Waals surface area contributed by atoms with Gasteiger partial charge in [0.15, 0.2) is 11.1 Å². The number of anilines is 2. The number of carbonyl (C=O) groups is 1. The first kappa shape index (κ1) is 16.4. The van der Waals surface area contributed by atoms with Gasteiger partial charge < -0.3 is 16.8 Å². The maximum absolute atomic E-state index is 10.9. The van der Waals surface area contributed by atoms with Crippen LogP contribution in [0.15, 0.2) is 35.2 Å². The first-order valence-corrected chi connectivity index (χ1v) is 7.55. The van der Waals surface area contributed by atoms with Crippen molar-refractivity contribution in [3.63, 3.8) is 0 Å². The van der Waals surface area contributed by atoms with Crippen molar-refractivity contribution in [2.24, 2.45) is 16.5 Å². The van der Waals surface area contributed by atoms with Gasteiger partial charge in [0, 0.05) is 5.38 Å². The first-order valence-electron chi connectivity index (χ1n) is 6.67. The Morgan fingerprint density at radius 1 is 1.39 bits per heavy atom. The monoisotopic (exact) mass is 331 g/mol. The van der Waals surface area contributed by atoms with Gasteiger partial charge in [-0.1, -0.05) is 12.1 Å². The second-order valence-corrected chi connectivity index (χ2v) is 5.39. The molecular weight excluding hydrogens is 314 g/mol. The predicted octanol–water partition coefficient (Wildman–Crippen LogP) is 1.92. The third-order valence-corrected chi connectivity index (χ3v) is 3.48. The fourth-order valence-corrected chi connectivity index (χ4v) is 2.44. The van der Waals surface area contributed by atoms with Gasteiger partial charge >= 0.3 is 6.03 Å². The molecule has 2 rings (SSSR count). The number of nitrogens with one attached hydrogen (secondary N) is 2. The molecule has 2 heterocycles. The second kappa shape index (κ2) is 7.36. The predicted molar refractivity (Wildman–Crippen MR) is 93.6 cm³/mol. The lowest BCUT2D eigenvalue weighted by Crippen LogP contribution is -2.22. The summed E-state index contributed by atoms with van der Waals surface area (Å²) in [5, 5.41) is 7.78. The van der Waals surface area contributed by atoms with E-state index in [1.165, 1.54) is 11.3 Å². The molecule has 9 heteroatoms. The van der Waals surface area contributed by atoms with Crippen molar-refractivity contribution in [1.82, 2.24) is 9.97 Å². The Kier molecular flexibility index (Phi) is 5.26. The first-order chi connectivity index (χ1) is 11.0. The summed E-state index contributed by atoms with van der Waals surface area (Å²) in [6.45, 7) is 5.91. The average molecular weight is 331 g/mol. The molecule has 0 unspecified atom stereocenters. The lowest BCUT2D eigenvalue weighted by atomic mass is 10.2. The van der Waals surface area contributed by atoms with Crippen LogP contribution in [0.5, 0.6) is 0 Å². The number of thiazole rings is 1. The molecule has 120 valence electrons. The molecule has 0 aliphatic rings. The standard InChI is InChI=1S/C14H17N7OS/c1-3-6-17-12(15)21-14-18-9(7-23-14)11-8(2)4-5-10(19-11)20-13(16)22/h3-5,7H,1,6H2,2H3,(H3,15,17,18,21)(H3,16,19,20,22). The summed E-state index contributed by atoms with van der Waals surface area (Å²) in [6, 6.07) is 2.84. The molecule has 2 aromatic rings. The van der Waals surface area contributed by atoms with Crippen LogP contribution in [0.2, 0.25) is 0 Å². The quantitative estimate of drug-likeness (QED) is 0.377. The zero-order chi connectivity index (χ0) is 16.8. The van der Waals surface area contributed by atoms with Gasteiger partial charge in [-0.2, -0.15) is 0 Å². The van der Waals surface area contributed by atoms with E-state index in [2.05, 4.69) is 32.2 Å². The van der Waals surface area contributed by atoms with Gasteiger partial charge in [-0.3, -0.25) is 5.32 Å². The van der Waals surface area contributed by atoms with Gasteiger partial charge in [-0.05, 0) is 18.6 Å². The van der Waals surface area contributed by atoms with Gasteiger partial charge in [-0.25, -0.2) is 19.8 Å². The fourth-order valence-electron chi connectivity index (χ4n) is 1.74. The van der Waals surface area contributed by atoms with Crippen LogP contribution in [0.4, 0.5) is 15.7 Å². The smallest absolute Gasteiger partial charge is 0.317 e. The highest BCUT2D eigenvalue weighted by Crippen LogP contribution is 2.27. The van der Waals surface area contributed by atoms with E-state index in [4.69, 9.17) is 11.5 Å². The van der Waals surface area contributed by atoms with Crippen LogP contribution in [0, 0.1) is 6.92 Å². The number of aryl methyl sites for hydroxylation is 1. The Hall–Kier alpha value is -2.94. The summed E-state index contributed by atoms with van der Waals surface area (Å²) in [7, 11) is 0. The largest absolute Gasteiger partial charge is 0.370 e. The molecule has 0 radical (unpaired) electrons. The number of nitrogens with two attached hydrogens (primary N) is 2. The average Bonchev–Trinajstić information content (AvgIpc) is 2.94. The second-order valence-electron chi connectivity index (χ2n) is 4.53. The van der Waals surface area contributed by atoms with Gasteiger partial charge in [0.1, 0.15) is 11.5 Å². The number of aliphatic imine (C=N–C) groups is 1. The number of amides is 2. The van der Waals surface area contributed by atoms with Gasteiger partial charge in [-0.15, -0.1) is 17.9 Å². The Morgan fingerprint density at radius 3 is 2.87 bits per heavy atom. The summed E-state index contributed by atoms with van der Waals surface area (Å²) in [5.41, 5.74) is 13.1. The molecule has 8 nitrogen and oxygen atoms in total. The number of pyridine rings is 1. The zero-order valence-corrected chi connectivity index (χ0v) is 13.4. The van der Waals surface area contributed by atoms with Crippen molar-refractivity contribution in [3.8, 4) is 11.4 Å². The summed E-state index contributed by atoms with van der Waals surface area (Å²) in [6.07, 6.45) is 1.65. The van der Waals surface area contributed by atoms with Gasteiger partial charge in [0.2, 0.25) is 0 Å². The lowest BCUT2D eigenvalue weighted by Gasteiger charge is -2.06. The Balaban J connectivity index is 2.22. The van der Waals surface area contributed by atoms with E-state index in [0.717, 1.165) is 5.56 Å². The number of nitrogens with zero attached hydrogens (tertiary/aromatic N) is 3. The molecule has 0 fully saturated rings. The Morgan fingerprint density at radius 2 is 2.17 bits per heavy atom. The highest BCUT2D eigenvalue weighted by Gasteiger charge is 2.11. The summed E-state index contributed by atoms with van der Waals surface area (Å²) in [5.74, 6) is 0.632. The van der Waals surface area contributed by atoms with E-state index in [1.807, 2.05) is 18.4 Å². The van der Waals surface area contributed by atoms with E-state index in [0.29, 0.717) is 28.9 Å². The zero-order valence-electron chi connectivity index (χ0n) is 12.5. The fraction of sp³-hybridized carbons (Fsp3) is 0.143. The molecule has 0 spiro atoms. The molecule has 6 N–H and O–H groups in total. The van der Waals surface area contributed by atoms with E-state index < -0.39 is 6.03 Å². The minimum atomic E-state index is -0.667. The molecule has 0 aromatic carbocycles. The number of hydrogen-bond acceptors (Lipinski definition) is 5. The minimum absolute atomic E-state index is 0.264. The molecule has 0 bridgehead atoms. The van der Waals surface area contributed by atoms with Gasteiger partial charge in [0.25, 0.3) is 0 Å². The summed E-state index contributed by atoms with van der Waals surface area (Å²) >= 11 is 1.37. The van der Waals surface area contributed by atoms with Crippen molar-refractivity contribution in [3.05, 3.63) is 35.7 Å². The number of carbonyl (C=O) groups excluding carboxylic acids is 1. The van der Waals surface area contributed by atoms with E-state index in [1.54, 1.807) is 12.1 Å². The Labute approximate surface area is 137 Å². The SMILES string of the molecule is C=CCN=C(N)Nc1nc(-c2nc(NC(N)=O)ccc2C)cs1. The minimum Gasteiger partial charge on any atom is -0.370 e. The van der Waals surface area contributed by atoms with Crippen LogP contribution in [0.3, 0.4) is 0 Å². The third kappa shape index (κ3) is 4.51. The molecule has 0 atom stereocenters. The van der Waals surface area contributed by atoms with Crippen LogP contribution < -0.4 is 22.1 Å². The normalized spacial score (nSPS) is 11.1. The summed E-state index contributed by atoms with van der Waals surface area (Å²) in [4.78, 5) is 23.7. The number of urea groups is 1. The summed E-state index contributed by atoms with van der Waals surface area (Å²) < 4.78 is 0. The third-order valence-electron chi connectivity index (χ3n) is 2.72. The number of rotatable bonds is 5. The van der Waals surface area contributed by atoms with Crippen LogP contribution in [0.1, 0.15) is 5.56 Å². The topological polar surface area (TPSA) is 131 Å². The molecule has 0 aliphatic carbocycles. The van der Waals surface area contributed by atoms with Crippen molar-refractivity contribution < 1.29 is 4.79 Å². The Bertz CT molecular complexity index is 753. The van der Waals surface area contributed by atoms with Crippen LogP contribution in [-0.4, -0.2) is 28.5 Å². The van der Waals surface area contributed by atoms with E-state index in [-0.39, 0.29) is 5.96 Å². The number of primary amides is 1.